The van der Waals surface area contributed by atoms with E-state index < -0.39 is 34.8 Å². The molecule has 6 rings (SSSR count). The molecule has 0 radical (unpaired) electrons. The van der Waals surface area contributed by atoms with Crippen molar-refractivity contribution in [2.45, 2.75) is 101 Å². The molecule has 164 valence electrons. The van der Waals surface area contributed by atoms with Crippen LogP contribution in [0, 0.1) is 34.5 Å². The summed E-state index contributed by atoms with van der Waals surface area (Å²) in [4.78, 5) is 28.4. The van der Waals surface area contributed by atoms with Crippen molar-refractivity contribution in [2.24, 2.45) is 23.2 Å². The number of likely N-dealkylation sites (tertiary alicyclic amines) is 1. The molecule has 7 nitrogen and oxygen atoms in total. The second kappa shape index (κ2) is 6.35. The highest BCUT2D eigenvalue weighted by Gasteiger charge is 2.64. The van der Waals surface area contributed by atoms with Gasteiger partial charge in [-0.2, -0.15) is 5.26 Å². The molecular weight excluding hydrogens is 382 g/mol. The lowest BCUT2D eigenvalue weighted by atomic mass is 9.46. The summed E-state index contributed by atoms with van der Waals surface area (Å²) in [6, 6.07) is 1.26. The van der Waals surface area contributed by atoms with Crippen LogP contribution in [0.2, 0.25) is 0 Å². The molecule has 5 saturated carbocycles. The fourth-order valence-corrected chi connectivity index (χ4v) is 7.56. The van der Waals surface area contributed by atoms with Crippen molar-refractivity contribution in [2.75, 3.05) is 0 Å². The number of ether oxygens (including phenoxy) is 1. The van der Waals surface area contributed by atoms with Gasteiger partial charge < -0.3 is 20.1 Å². The summed E-state index contributed by atoms with van der Waals surface area (Å²) in [7, 11) is 0. The van der Waals surface area contributed by atoms with Gasteiger partial charge in [0.05, 0.1) is 11.7 Å². The van der Waals surface area contributed by atoms with Crippen LogP contribution in [-0.4, -0.2) is 51.3 Å². The number of piperidine rings is 1. The number of alkyl carbamates (subject to hydrolysis) is 1. The molecule has 0 aromatic rings. The van der Waals surface area contributed by atoms with E-state index in [1.165, 1.54) is 0 Å². The molecule has 0 aromatic carbocycles. The molecule has 0 spiro atoms. The number of hydrogen-bond acceptors (Lipinski definition) is 5. The highest BCUT2D eigenvalue weighted by atomic mass is 16.6. The van der Waals surface area contributed by atoms with E-state index in [1.807, 2.05) is 0 Å². The van der Waals surface area contributed by atoms with Crippen LogP contribution in [0.25, 0.3) is 0 Å². The molecule has 2 unspecified atom stereocenters. The Balaban J connectivity index is 1.47. The number of amides is 2. The Morgan fingerprint density at radius 3 is 2.40 bits per heavy atom. The van der Waals surface area contributed by atoms with E-state index in [0.717, 1.165) is 44.9 Å². The summed E-state index contributed by atoms with van der Waals surface area (Å²) < 4.78 is 5.51. The molecule has 30 heavy (non-hydrogen) atoms. The van der Waals surface area contributed by atoms with Crippen molar-refractivity contribution in [3.8, 4) is 6.07 Å². The molecule has 4 bridgehead atoms. The Morgan fingerprint density at radius 2 is 1.83 bits per heavy atom. The molecule has 5 aliphatic carbocycles. The van der Waals surface area contributed by atoms with Gasteiger partial charge in [0.15, 0.2) is 0 Å². The highest BCUT2D eigenvalue weighted by Crippen LogP contribution is 2.63. The van der Waals surface area contributed by atoms with Gasteiger partial charge in [0, 0.05) is 11.5 Å². The topological polar surface area (TPSA) is 103 Å². The van der Waals surface area contributed by atoms with Crippen molar-refractivity contribution in [1.29, 1.82) is 5.26 Å². The summed E-state index contributed by atoms with van der Waals surface area (Å²) in [5, 5.41) is 23.8. The molecule has 2 N–H and O–H groups in total. The standard InChI is InChI=1S/C23H33N3O4/c1-21(2,3)30-20(28)25-18(19(27)26-16(11-24)5-15-6-17(15)26)22-7-13-4-14(8-22)10-23(29,9-13)12-22/h13-18,29H,4-10,12H2,1-3H3,(H,25,28)/t13-,14+,15-,16+,17+,18-,22?,23?/m0/s1. The molecule has 8 atom stereocenters. The van der Waals surface area contributed by atoms with Crippen LogP contribution in [0.15, 0.2) is 0 Å². The van der Waals surface area contributed by atoms with Crippen molar-refractivity contribution in [3.05, 3.63) is 0 Å². The summed E-state index contributed by atoms with van der Waals surface area (Å²) in [6.45, 7) is 5.41. The Hall–Kier alpha value is -1.81. The molecule has 6 fully saturated rings. The van der Waals surface area contributed by atoms with Crippen LogP contribution in [0.5, 0.6) is 0 Å². The van der Waals surface area contributed by atoms with Gasteiger partial charge in [-0.25, -0.2) is 4.79 Å². The predicted molar refractivity (Wildman–Crippen MR) is 108 cm³/mol. The first-order chi connectivity index (χ1) is 14.0. The van der Waals surface area contributed by atoms with Gasteiger partial charge in [0.1, 0.15) is 17.7 Å². The Bertz CT molecular complexity index is 798. The monoisotopic (exact) mass is 415 g/mol. The average molecular weight is 416 g/mol. The zero-order chi connectivity index (χ0) is 21.5. The summed E-state index contributed by atoms with van der Waals surface area (Å²) in [5.74, 6) is 1.06. The summed E-state index contributed by atoms with van der Waals surface area (Å²) in [5.41, 5.74) is -1.86. The number of aliphatic hydroxyl groups is 1. The molecule has 7 heteroatoms. The van der Waals surface area contributed by atoms with Crippen LogP contribution in [-0.2, 0) is 9.53 Å². The SMILES string of the molecule is CC(C)(C)OC(=O)N[C@@H](C(=O)N1[C@@H]2C[C@@H]2C[C@@H]1C#N)C12C[C@@H]3C[C@@H](CC(O)(C3)C1)C2. The molecule has 1 heterocycles. The van der Waals surface area contributed by atoms with Crippen LogP contribution in [0.1, 0.15) is 72.1 Å². The molecule has 0 aromatic heterocycles. The number of fused-ring (bicyclic) bond motifs is 1. The second-order valence-electron chi connectivity index (χ2n) is 11.8. The number of hydrogen-bond donors (Lipinski definition) is 2. The van der Waals surface area contributed by atoms with E-state index in [9.17, 15) is 20.0 Å². The zero-order valence-corrected chi connectivity index (χ0v) is 18.2. The Labute approximate surface area is 178 Å². The molecule has 2 amide bonds. The van der Waals surface area contributed by atoms with Crippen molar-refractivity contribution < 1.29 is 19.4 Å². The minimum Gasteiger partial charge on any atom is -0.444 e. The molecule has 6 aliphatic rings. The van der Waals surface area contributed by atoms with E-state index in [2.05, 4.69) is 11.4 Å². The van der Waals surface area contributed by atoms with Crippen LogP contribution in [0.3, 0.4) is 0 Å². The van der Waals surface area contributed by atoms with E-state index in [4.69, 9.17) is 4.74 Å². The summed E-state index contributed by atoms with van der Waals surface area (Å²) in [6.07, 6.45) is 6.02. The van der Waals surface area contributed by atoms with Gasteiger partial charge >= 0.3 is 6.09 Å². The summed E-state index contributed by atoms with van der Waals surface area (Å²) >= 11 is 0. The smallest absolute Gasteiger partial charge is 0.408 e. The number of carbonyl (C=O) groups is 2. The Morgan fingerprint density at radius 1 is 1.17 bits per heavy atom. The van der Waals surface area contributed by atoms with E-state index in [0.29, 0.717) is 24.2 Å². The number of carbonyl (C=O) groups excluding carboxylic acids is 2. The van der Waals surface area contributed by atoms with E-state index in [-0.39, 0.29) is 11.9 Å². The first kappa shape index (κ1) is 20.1. The van der Waals surface area contributed by atoms with Crippen LogP contribution in [0.4, 0.5) is 4.79 Å². The van der Waals surface area contributed by atoms with Crippen LogP contribution >= 0.6 is 0 Å². The first-order valence-electron chi connectivity index (χ1n) is 11.4. The number of nitriles is 1. The Kier molecular flexibility index (Phi) is 4.26. The number of rotatable bonds is 3. The lowest BCUT2D eigenvalue weighted by Crippen LogP contribution is -2.66. The van der Waals surface area contributed by atoms with E-state index in [1.54, 1.807) is 25.7 Å². The lowest BCUT2D eigenvalue weighted by Gasteiger charge is -2.62. The molecule has 1 saturated heterocycles. The zero-order valence-electron chi connectivity index (χ0n) is 18.2. The van der Waals surface area contributed by atoms with Gasteiger partial charge in [-0.15, -0.1) is 0 Å². The fraction of sp³-hybridized carbons (Fsp3) is 0.870. The average Bonchev–Trinajstić information content (AvgIpc) is 3.25. The van der Waals surface area contributed by atoms with Gasteiger partial charge in [-0.05, 0) is 89.9 Å². The van der Waals surface area contributed by atoms with Gasteiger partial charge in [0.2, 0.25) is 5.91 Å². The minimum absolute atomic E-state index is 0.127. The lowest BCUT2D eigenvalue weighted by molar-refractivity contribution is -0.180. The minimum atomic E-state index is -0.750. The molecule has 1 aliphatic heterocycles. The van der Waals surface area contributed by atoms with Crippen molar-refractivity contribution in [1.82, 2.24) is 10.2 Å². The quantitative estimate of drug-likeness (QED) is 0.738. The predicted octanol–water partition coefficient (Wildman–Crippen LogP) is 2.72. The van der Waals surface area contributed by atoms with Crippen molar-refractivity contribution >= 4 is 12.0 Å². The third-order valence-corrected chi connectivity index (χ3v) is 8.10. The van der Waals surface area contributed by atoms with Crippen molar-refractivity contribution in [3.63, 3.8) is 0 Å². The fourth-order valence-electron chi connectivity index (χ4n) is 7.56. The number of nitrogens with one attached hydrogen (secondary N) is 1. The van der Waals surface area contributed by atoms with Crippen LogP contribution < -0.4 is 5.32 Å². The maximum absolute atomic E-state index is 13.9. The van der Waals surface area contributed by atoms with Gasteiger partial charge in [0.25, 0.3) is 0 Å². The van der Waals surface area contributed by atoms with Gasteiger partial charge in [-0.1, -0.05) is 0 Å². The third-order valence-electron chi connectivity index (χ3n) is 8.10. The highest BCUT2D eigenvalue weighted by molar-refractivity contribution is 5.88. The normalized spacial score (nSPS) is 44.2. The maximum Gasteiger partial charge on any atom is 0.408 e. The second-order valence-corrected chi connectivity index (χ2v) is 11.8. The van der Waals surface area contributed by atoms with E-state index >= 15 is 0 Å². The largest absolute Gasteiger partial charge is 0.444 e. The maximum atomic E-state index is 13.9. The molecular formula is C23H33N3O4. The third kappa shape index (κ3) is 3.28. The first-order valence-corrected chi connectivity index (χ1v) is 11.4. The van der Waals surface area contributed by atoms with Gasteiger partial charge in [-0.3, -0.25) is 4.79 Å². The number of nitrogens with zero attached hydrogens (tertiary/aromatic N) is 2.